The lowest BCUT2D eigenvalue weighted by atomic mass is 10.1. The highest BCUT2D eigenvalue weighted by molar-refractivity contribution is 5.98. The van der Waals surface area contributed by atoms with E-state index in [0.717, 1.165) is 38.5 Å². The second-order valence-electron chi connectivity index (χ2n) is 7.62. The summed E-state index contributed by atoms with van der Waals surface area (Å²) in [6, 6.07) is -0.896. The van der Waals surface area contributed by atoms with E-state index >= 15 is 0 Å². The van der Waals surface area contributed by atoms with Gasteiger partial charge in [0.1, 0.15) is 11.6 Å². The van der Waals surface area contributed by atoms with Gasteiger partial charge in [0.25, 0.3) is 5.91 Å². The summed E-state index contributed by atoms with van der Waals surface area (Å²) in [6.45, 7) is 5.69. The second kappa shape index (κ2) is 7.85. The summed E-state index contributed by atoms with van der Waals surface area (Å²) in [5.74, 6) is -0.353. The lowest BCUT2D eigenvalue weighted by Crippen LogP contribution is -2.53. The Labute approximate surface area is 143 Å². The van der Waals surface area contributed by atoms with Crippen LogP contribution < -0.4 is 10.6 Å². The first-order valence-corrected chi connectivity index (χ1v) is 8.87. The lowest BCUT2D eigenvalue weighted by Gasteiger charge is -2.26. The molecule has 0 bridgehead atoms. The molecular formula is C17H29N3O4. The molecule has 2 aliphatic rings. The Balaban J connectivity index is 1.95. The van der Waals surface area contributed by atoms with Crippen LogP contribution in [0.5, 0.6) is 0 Å². The van der Waals surface area contributed by atoms with Crippen LogP contribution >= 0.6 is 0 Å². The average Bonchev–Trinajstić information content (AvgIpc) is 2.89. The van der Waals surface area contributed by atoms with Crippen molar-refractivity contribution < 1.29 is 19.1 Å². The molecule has 0 spiro atoms. The van der Waals surface area contributed by atoms with Crippen LogP contribution in [0.3, 0.4) is 0 Å². The van der Waals surface area contributed by atoms with Crippen LogP contribution in [0.1, 0.15) is 65.7 Å². The van der Waals surface area contributed by atoms with E-state index in [9.17, 15) is 14.4 Å². The topological polar surface area (TPSA) is 87.7 Å². The van der Waals surface area contributed by atoms with Gasteiger partial charge in [0, 0.05) is 12.6 Å². The number of imide groups is 1. The van der Waals surface area contributed by atoms with Gasteiger partial charge >= 0.3 is 12.1 Å². The van der Waals surface area contributed by atoms with Crippen molar-refractivity contribution in [2.75, 3.05) is 6.54 Å². The Kier molecular flexibility index (Phi) is 6.07. The van der Waals surface area contributed by atoms with Crippen LogP contribution in [0.2, 0.25) is 0 Å². The van der Waals surface area contributed by atoms with Gasteiger partial charge in [-0.1, -0.05) is 12.8 Å². The predicted molar refractivity (Wildman–Crippen MR) is 89.5 cm³/mol. The number of nitrogens with zero attached hydrogens (tertiary/aromatic N) is 1. The largest absolute Gasteiger partial charge is 0.444 e. The van der Waals surface area contributed by atoms with E-state index in [0.29, 0.717) is 13.0 Å². The van der Waals surface area contributed by atoms with E-state index in [1.807, 2.05) is 0 Å². The fourth-order valence-electron chi connectivity index (χ4n) is 3.15. The van der Waals surface area contributed by atoms with Gasteiger partial charge in [0.2, 0.25) is 0 Å². The van der Waals surface area contributed by atoms with Crippen LogP contribution in [-0.2, 0) is 9.53 Å². The molecule has 0 unspecified atom stereocenters. The van der Waals surface area contributed by atoms with Crippen molar-refractivity contribution in [3.05, 3.63) is 0 Å². The van der Waals surface area contributed by atoms with Crippen LogP contribution in [0.4, 0.5) is 9.59 Å². The van der Waals surface area contributed by atoms with E-state index in [4.69, 9.17) is 4.74 Å². The molecule has 0 aromatic rings. The van der Waals surface area contributed by atoms with Crippen LogP contribution in [0, 0.1) is 0 Å². The number of carbonyl (C=O) groups is 3. The predicted octanol–water partition coefficient (Wildman–Crippen LogP) is 2.54. The highest BCUT2D eigenvalue weighted by Crippen LogP contribution is 2.19. The summed E-state index contributed by atoms with van der Waals surface area (Å²) >= 11 is 0. The number of hydrogen-bond acceptors (Lipinski definition) is 4. The summed E-state index contributed by atoms with van der Waals surface area (Å²) in [5.41, 5.74) is -0.628. The second-order valence-corrected chi connectivity index (χ2v) is 7.62. The monoisotopic (exact) mass is 339 g/mol. The Morgan fingerprint density at radius 3 is 2.29 bits per heavy atom. The van der Waals surface area contributed by atoms with Crippen molar-refractivity contribution in [3.63, 3.8) is 0 Å². The van der Waals surface area contributed by atoms with Crippen LogP contribution in [0.15, 0.2) is 0 Å². The smallest absolute Gasteiger partial charge is 0.408 e. The lowest BCUT2D eigenvalue weighted by molar-refractivity contribution is -0.130. The fraction of sp³-hybridized carbons (Fsp3) is 0.824. The Morgan fingerprint density at radius 1 is 1.04 bits per heavy atom. The maximum atomic E-state index is 12.7. The van der Waals surface area contributed by atoms with Crippen molar-refractivity contribution in [1.82, 2.24) is 15.5 Å². The minimum atomic E-state index is -0.711. The summed E-state index contributed by atoms with van der Waals surface area (Å²) in [5, 5.41) is 5.55. The summed E-state index contributed by atoms with van der Waals surface area (Å²) < 4.78 is 5.21. The van der Waals surface area contributed by atoms with Gasteiger partial charge in [-0.25, -0.2) is 9.59 Å². The van der Waals surface area contributed by atoms with E-state index < -0.39 is 17.7 Å². The summed E-state index contributed by atoms with van der Waals surface area (Å²) in [7, 11) is 0. The molecule has 1 saturated heterocycles. The minimum Gasteiger partial charge on any atom is -0.444 e. The first kappa shape index (κ1) is 18.5. The molecule has 4 amide bonds. The molecule has 136 valence electrons. The summed E-state index contributed by atoms with van der Waals surface area (Å²) in [4.78, 5) is 38.3. The molecule has 2 rings (SSSR count). The van der Waals surface area contributed by atoms with Crippen molar-refractivity contribution in [2.45, 2.75) is 83.4 Å². The standard InChI is InChI=1S/C17H29N3O4/c1-17(2,3)24-16(23)19-13-10-6-7-11-20(14(13)21)15(22)18-12-8-4-5-9-12/h12-13H,4-11H2,1-3H3,(H,18,22)(H,19,23)/t13-/m0/s1. The van der Waals surface area contributed by atoms with E-state index in [2.05, 4.69) is 10.6 Å². The molecule has 2 N–H and O–H groups in total. The van der Waals surface area contributed by atoms with E-state index in [1.165, 1.54) is 4.90 Å². The molecule has 7 heteroatoms. The zero-order valence-corrected chi connectivity index (χ0v) is 14.9. The van der Waals surface area contributed by atoms with Gasteiger partial charge in [0.05, 0.1) is 0 Å². The van der Waals surface area contributed by atoms with Crippen LogP contribution in [-0.4, -0.2) is 47.2 Å². The van der Waals surface area contributed by atoms with Gasteiger partial charge in [-0.15, -0.1) is 0 Å². The molecule has 0 aromatic heterocycles. The van der Waals surface area contributed by atoms with Gasteiger partial charge < -0.3 is 15.4 Å². The molecule has 2 fully saturated rings. The normalized spacial score (nSPS) is 22.9. The molecule has 1 aliphatic heterocycles. The zero-order valence-electron chi connectivity index (χ0n) is 14.9. The highest BCUT2D eigenvalue weighted by atomic mass is 16.6. The number of nitrogens with one attached hydrogen (secondary N) is 2. The third kappa shape index (κ3) is 5.39. The van der Waals surface area contributed by atoms with Gasteiger partial charge in [-0.05, 0) is 52.9 Å². The fourth-order valence-corrected chi connectivity index (χ4v) is 3.15. The zero-order chi connectivity index (χ0) is 17.7. The molecule has 1 heterocycles. The maximum absolute atomic E-state index is 12.7. The molecule has 7 nitrogen and oxygen atoms in total. The summed E-state index contributed by atoms with van der Waals surface area (Å²) in [6.07, 6.45) is 5.57. The Hall–Kier alpha value is -1.79. The Bertz CT molecular complexity index is 481. The number of hydrogen-bond donors (Lipinski definition) is 2. The number of amides is 4. The average molecular weight is 339 g/mol. The third-order valence-electron chi connectivity index (χ3n) is 4.31. The number of alkyl carbamates (subject to hydrolysis) is 1. The highest BCUT2D eigenvalue weighted by Gasteiger charge is 2.34. The van der Waals surface area contributed by atoms with E-state index in [-0.39, 0.29) is 18.0 Å². The molecular weight excluding hydrogens is 310 g/mol. The number of likely N-dealkylation sites (tertiary alicyclic amines) is 1. The first-order chi connectivity index (χ1) is 11.3. The molecule has 24 heavy (non-hydrogen) atoms. The molecule has 1 saturated carbocycles. The van der Waals surface area contributed by atoms with Crippen molar-refractivity contribution in [2.24, 2.45) is 0 Å². The maximum Gasteiger partial charge on any atom is 0.408 e. The Morgan fingerprint density at radius 2 is 1.67 bits per heavy atom. The first-order valence-electron chi connectivity index (χ1n) is 8.87. The van der Waals surface area contributed by atoms with E-state index in [1.54, 1.807) is 20.8 Å². The van der Waals surface area contributed by atoms with Gasteiger partial charge in [-0.3, -0.25) is 9.69 Å². The number of carbonyl (C=O) groups excluding carboxylic acids is 3. The molecule has 0 aromatic carbocycles. The minimum absolute atomic E-state index is 0.158. The number of urea groups is 1. The van der Waals surface area contributed by atoms with Crippen LogP contribution in [0.25, 0.3) is 0 Å². The van der Waals surface area contributed by atoms with Crippen molar-refractivity contribution >= 4 is 18.0 Å². The van der Waals surface area contributed by atoms with Crippen molar-refractivity contribution in [1.29, 1.82) is 0 Å². The number of rotatable bonds is 2. The SMILES string of the molecule is CC(C)(C)OC(=O)N[C@H]1CCCCN(C(=O)NC2CCCC2)C1=O. The number of ether oxygens (including phenoxy) is 1. The van der Waals surface area contributed by atoms with Gasteiger partial charge in [-0.2, -0.15) is 0 Å². The molecule has 0 radical (unpaired) electrons. The molecule has 1 aliphatic carbocycles. The molecule has 1 atom stereocenters. The quantitative estimate of drug-likeness (QED) is 0.809. The third-order valence-corrected chi connectivity index (χ3v) is 4.31. The van der Waals surface area contributed by atoms with Crippen molar-refractivity contribution in [3.8, 4) is 0 Å². The van der Waals surface area contributed by atoms with Gasteiger partial charge in [0.15, 0.2) is 0 Å².